The molecular weight excluding hydrogens is 252 g/mol. The topological polar surface area (TPSA) is 52.0 Å². The van der Waals surface area contributed by atoms with Gasteiger partial charge in [-0.1, -0.05) is 30.3 Å². The monoisotopic (exact) mass is 270 g/mol. The summed E-state index contributed by atoms with van der Waals surface area (Å²) in [6.07, 6.45) is 3.24. The Kier molecular flexibility index (Phi) is 2.92. The number of rotatable bonds is 2. The molecule has 0 radical (unpaired) electrons. The molecule has 2 unspecified atom stereocenters. The average Bonchev–Trinajstić information content (AvgIpc) is 3.16. The molecular formula is C15H18N4O. The Morgan fingerprint density at radius 2 is 2.10 bits per heavy atom. The smallest absolute Gasteiger partial charge is 0.222 e. The number of benzene rings is 1. The minimum absolute atomic E-state index is 0.0753. The Hall–Kier alpha value is -1.88. The van der Waals surface area contributed by atoms with E-state index in [1.807, 2.05) is 10.7 Å². The zero-order valence-electron chi connectivity index (χ0n) is 11.3. The summed E-state index contributed by atoms with van der Waals surface area (Å²) in [5.41, 5.74) is 1.29. The van der Waals surface area contributed by atoms with E-state index in [1.165, 1.54) is 5.56 Å². The van der Waals surface area contributed by atoms with Crippen molar-refractivity contribution in [3.8, 4) is 0 Å². The predicted octanol–water partition coefficient (Wildman–Crippen LogP) is 2.53. The molecule has 0 saturated carbocycles. The van der Waals surface area contributed by atoms with Gasteiger partial charge in [0.1, 0.15) is 6.10 Å². The minimum atomic E-state index is 0.0753. The molecule has 1 N–H and O–H groups in total. The minimum Gasteiger partial charge on any atom is -0.370 e. The number of aromatic nitrogens is 3. The number of nitrogens with zero attached hydrogens (tertiary/aromatic N) is 3. The third-order valence-corrected chi connectivity index (χ3v) is 4.05. The lowest BCUT2D eigenvalue weighted by Crippen LogP contribution is -2.24. The van der Waals surface area contributed by atoms with Crippen molar-refractivity contribution >= 4 is 5.95 Å². The standard InChI is InChI=1S/C15H18N4O/c1-2-5-11(6-3-1)12-8-9-16-15-17-14(18-19(12)15)13-7-4-10-20-13/h1-3,5-6,12-13H,4,7-10H2,(H,16,17,18). The quantitative estimate of drug-likeness (QED) is 0.911. The summed E-state index contributed by atoms with van der Waals surface area (Å²) in [5.74, 6) is 1.70. The van der Waals surface area contributed by atoms with Crippen molar-refractivity contribution in [3.05, 3.63) is 41.7 Å². The lowest BCUT2D eigenvalue weighted by atomic mass is 10.0. The molecule has 0 amide bonds. The highest BCUT2D eigenvalue weighted by molar-refractivity contribution is 5.33. The molecule has 5 nitrogen and oxygen atoms in total. The van der Waals surface area contributed by atoms with Gasteiger partial charge in [-0.05, 0) is 24.8 Å². The van der Waals surface area contributed by atoms with Crippen LogP contribution in [0, 0.1) is 0 Å². The van der Waals surface area contributed by atoms with Crippen molar-refractivity contribution < 1.29 is 4.74 Å². The van der Waals surface area contributed by atoms with E-state index in [9.17, 15) is 0 Å². The van der Waals surface area contributed by atoms with Gasteiger partial charge < -0.3 is 10.1 Å². The van der Waals surface area contributed by atoms with Crippen LogP contribution in [0.15, 0.2) is 30.3 Å². The van der Waals surface area contributed by atoms with Gasteiger partial charge in [-0.15, -0.1) is 0 Å². The zero-order chi connectivity index (χ0) is 13.4. The van der Waals surface area contributed by atoms with Crippen molar-refractivity contribution in [2.24, 2.45) is 0 Å². The highest BCUT2D eigenvalue weighted by atomic mass is 16.5. The molecule has 0 bridgehead atoms. The van der Waals surface area contributed by atoms with Crippen molar-refractivity contribution in [2.45, 2.75) is 31.4 Å². The van der Waals surface area contributed by atoms with Crippen LogP contribution in [0.5, 0.6) is 0 Å². The molecule has 5 heteroatoms. The maximum absolute atomic E-state index is 5.69. The fourth-order valence-corrected chi connectivity index (χ4v) is 3.02. The van der Waals surface area contributed by atoms with E-state index in [-0.39, 0.29) is 12.1 Å². The molecule has 2 aliphatic heterocycles. The highest BCUT2D eigenvalue weighted by Crippen LogP contribution is 2.32. The van der Waals surface area contributed by atoms with Crippen LogP contribution in [-0.2, 0) is 4.74 Å². The van der Waals surface area contributed by atoms with Crippen LogP contribution in [0.4, 0.5) is 5.95 Å². The first-order valence-corrected chi connectivity index (χ1v) is 7.29. The van der Waals surface area contributed by atoms with Gasteiger partial charge in [0.25, 0.3) is 0 Å². The molecule has 2 atom stereocenters. The van der Waals surface area contributed by atoms with Gasteiger partial charge in [-0.25, -0.2) is 4.68 Å². The third-order valence-electron chi connectivity index (χ3n) is 4.05. The normalized spacial score (nSPS) is 25.2. The second kappa shape index (κ2) is 4.90. The summed E-state index contributed by atoms with van der Waals surface area (Å²) >= 11 is 0. The van der Waals surface area contributed by atoms with Crippen LogP contribution in [0.25, 0.3) is 0 Å². The second-order valence-corrected chi connectivity index (χ2v) is 5.38. The van der Waals surface area contributed by atoms with Crippen molar-refractivity contribution in [1.29, 1.82) is 0 Å². The van der Waals surface area contributed by atoms with Crippen molar-refractivity contribution in [2.75, 3.05) is 18.5 Å². The van der Waals surface area contributed by atoms with Crippen molar-refractivity contribution in [1.82, 2.24) is 14.8 Å². The van der Waals surface area contributed by atoms with E-state index in [4.69, 9.17) is 9.84 Å². The molecule has 0 aliphatic carbocycles. The SMILES string of the molecule is c1ccc(C2CCNc3nc(C4CCCO4)nn32)cc1. The van der Waals surface area contributed by atoms with Gasteiger partial charge in [0, 0.05) is 13.2 Å². The highest BCUT2D eigenvalue weighted by Gasteiger charge is 2.28. The first-order chi connectivity index (χ1) is 9.92. The fourth-order valence-electron chi connectivity index (χ4n) is 3.02. The van der Waals surface area contributed by atoms with E-state index in [2.05, 4.69) is 34.6 Å². The van der Waals surface area contributed by atoms with Crippen LogP contribution < -0.4 is 5.32 Å². The zero-order valence-corrected chi connectivity index (χ0v) is 11.3. The van der Waals surface area contributed by atoms with Crippen LogP contribution >= 0.6 is 0 Å². The number of fused-ring (bicyclic) bond motifs is 1. The second-order valence-electron chi connectivity index (χ2n) is 5.38. The van der Waals surface area contributed by atoms with Crippen LogP contribution in [0.2, 0.25) is 0 Å². The fraction of sp³-hybridized carbons (Fsp3) is 0.467. The van der Waals surface area contributed by atoms with Gasteiger partial charge in [-0.2, -0.15) is 10.1 Å². The Balaban J connectivity index is 1.70. The first-order valence-electron chi connectivity index (χ1n) is 7.29. The van der Waals surface area contributed by atoms with Gasteiger partial charge in [-0.3, -0.25) is 0 Å². The third kappa shape index (κ3) is 1.98. The molecule has 1 fully saturated rings. The lowest BCUT2D eigenvalue weighted by Gasteiger charge is -2.24. The van der Waals surface area contributed by atoms with Gasteiger partial charge in [0.2, 0.25) is 5.95 Å². The number of hydrogen-bond donors (Lipinski definition) is 1. The van der Waals surface area contributed by atoms with E-state index in [0.29, 0.717) is 0 Å². The Morgan fingerprint density at radius 3 is 2.90 bits per heavy atom. The molecule has 1 aromatic heterocycles. The molecule has 20 heavy (non-hydrogen) atoms. The van der Waals surface area contributed by atoms with Gasteiger partial charge in [0.15, 0.2) is 5.82 Å². The summed E-state index contributed by atoms with van der Waals surface area (Å²) in [5, 5.41) is 8.05. The van der Waals surface area contributed by atoms with E-state index in [0.717, 1.165) is 44.2 Å². The van der Waals surface area contributed by atoms with Gasteiger partial charge >= 0.3 is 0 Å². The van der Waals surface area contributed by atoms with Crippen LogP contribution in [-0.4, -0.2) is 27.9 Å². The molecule has 4 rings (SSSR count). The Labute approximate surface area is 118 Å². The summed E-state index contributed by atoms with van der Waals surface area (Å²) in [7, 11) is 0. The molecule has 3 heterocycles. The molecule has 1 aromatic carbocycles. The van der Waals surface area contributed by atoms with E-state index >= 15 is 0 Å². The number of ether oxygens (including phenoxy) is 1. The Bertz CT molecular complexity index is 589. The number of anilines is 1. The van der Waals surface area contributed by atoms with Crippen molar-refractivity contribution in [3.63, 3.8) is 0 Å². The van der Waals surface area contributed by atoms with Crippen LogP contribution in [0.3, 0.4) is 0 Å². The lowest BCUT2D eigenvalue weighted by molar-refractivity contribution is 0.105. The predicted molar refractivity (Wildman–Crippen MR) is 75.6 cm³/mol. The summed E-state index contributed by atoms with van der Waals surface area (Å²) in [4.78, 5) is 4.62. The van der Waals surface area contributed by atoms with E-state index in [1.54, 1.807) is 0 Å². The average molecular weight is 270 g/mol. The maximum atomic E-state index is 5.69. The molecule has 2 aromatic rings. The van der Waals surface area contributed by atoms with E-state index < -0.39 is 0 Å². The van der Waals surface area contributed by atoms with Crippen LogP contribution in [0.1, 0.15) is 42.8 Å². The first kappa shape index (κ1) is 11.9. The van der Waals surface area contributed by atoms with Gasteiger partial charge in [0.05, 0.1) is 6.04 Å². The number of nitrogens with one attached hydrogen (secondary N) is 1. The molecule has 2 aliphatic rings. The number of hydrogen-bond acceptors (Lipinski definition) is 4. The molecule has 104 valence electrons. The summed E-state index contributed by atoms with van der Waals surface area (Å²) in [6, 6.07) is 10.8. The summed E-state index contributed by atoms with van der Waals surface area (Å²) < 4.78 is 7.72. The Morgan fingerprint density at radius 1 is 1.20 bits per heavy atom. The maximum Gasteiger partial charge on any atom is 0.222 e. The molecule has 1 saturated heterocycles. The molecule has 0 spiro atoms. The summed E-state index contributed by atoms with van der Waals surface area (Å²) in [6.45, 7) is 1.76. The largest absolute Gasteiger partial charge is 0.370 e.